The molecule has 3 nitrogen and oxygen atoms in total. The number of anilines is 1. The first kappa shape index (κ1) is 10.8. The van der Waals surface area contributed by atoms with E-state index in [0.29, 0.717) is 5.92 Å². The molecule has 17 heavy (non-hydrogen) atoms. The molecule has 1 aromatic carbocycles. The van der Waals surface area contributed by atoms with E-state index in [0.717, 1.165) is 30.6 Å². The highest BCUT2D eigenvalue weighted by Crippen LogP contribution is 2.42. The van der Waals surface area contributed by atoms with Crippen LogP contribution in [0.1, 0.15) is 31.4 Å². The zero-order valence-electron chi connectivity index (χ0n) is 10.1. The van der Waals surface area contributed by atoms with Crippen molar-refractivity contribution in [1.29, 1.82) is 0 Å². The third-order valence-corrected chi connectivity index (χ3v) is 3.98. The molecule has 0 spiro atoms. The normalized spacial score (nSPS) is 30.9. The van der Waals surface area contributed by atoms with Crippen molar-refractivity contribution in [1.82, 2.24) is 0 Å². The lowest BCUT2D eigenvalue weighted by atomic mass is 9.97. The molecule has 0 aromatic heterocycles. The number of carbonyl (C=O) groups excluding carboxylic acids is 1. The van der Waals surface area contributed by atoms with Crippen molar-refractivity contribution < 1.29 is 4.79 Å². The summed E-state index contributed by atoms with van der Waals surface area (Å²) >= 11 is 0. The van der Waals surface area contributed by atoms with Crippen molar-refractivity contribution in [3.05, 3.63) is 29.8 Å². The lowest BCUT2D eigenvalue weighted by Gasteiger charge is -2.33. The predicted octanol–water partition coefficient (Wildman–Crippen LogP) is 2.08. The molecule has 3 atom stereocenters. The topological polar surface area (TPSA) is 46.3 Å². The molecular formula is C14H18N2O. The van der Waals surface area contributed by atoms with Crippen molar-refractivity contribution in [2.75, 3.05) is 11.4 Å². The minimum Gasteiger partial charge on any atom is -0.324 e. The fourth-order valence-electron chi connectivity index (χ4n) is 2.69. The number of hydrogen-bond donors (Lipinski definition) is 1. The SMILES string of the molecule is CC1CC1C(=O)N1CCC(N)c2ccccc21. The maximum Gasteiger partial charge on any atom is 0.230 e. The minimum absolute atomic E-state index is 0.0758. The van der Waals surface area contributed by atoms with Crippen molar-refractivity contribution in [3.63, 3.8) is 0 Å². The molecule has 0 bridgehead atoms. The van der Waals surface area contributed by atoms with Gasteiger partial charge in [-0.1, -0.05) is 25.1 Å². The first-order valence-electron chi connectivity index (χ1n) is 6.34. The summed E-state index contributed by atoms with van der Waals surface area (Å²) < 4.78 is 0. The molecule has 3 heteroatoms. The molecule has 1 amide bonds. The second-order valence-corrected chi connectivity index (χ2v) is 5.26. The van der Waals surface area contributed by atoms with Gasteiger partial charge in [0.15, 0.2) is 0 Å². The highest BCUT2D eigenvalue weighted by molar-refractivity contribution is 5.97. The maximum absolute atomic E-state index is 12.3. The van der Waals surface area contributed by atoms with E-state index in [1.54, 1.807) is 0 Å². The zero-order chi connectivity index (χ0) is 12.0. The molecule has 2 aliphatic rings. The molecule has 1 aliphatic heterocycles. The van der Waals surface area contributed by atoms with E-state index in [1.165, 1.54) is 0 Å². The van der Waals surface area contributed by atoms with Gasteiger partial charge in [0.25, 0.3) is 0 Å². The zero-order valence-corrected chi connectivity index (χ0v) is 10.1. The minimum atomic E-state index is 0.0758. The number of nitrogens with two attached hydrogens (primary N) is 1. The highest BCUT2D eigenvalue weighted by Gasteiger charge is 2.43. The van der Waals surface area contributed by atoms with Crippen LogP contribution in [0.5, 0.6) is 0 Å². The molecule has 3 rings (SSSR count). The Bertz CT molecular complexity index is 457. The summed E-state index contributed by atoms with van der Waals surface area (Å²) in [7, 11) is 0. The summed E-state index contributed by atoms with van der Waals surface area (Å²) in [6.07, 6.45) is 1.91. The Labute approximate surface area is 102 Å². The number of nitrogens with zero attached hydrogens (tertiary/aromatic N) is 1. The molecule has 1 aromatic rings. The number of fused-ring (bicyclic) bond motifs is 1. The molecule has 0 radical (unpaired) electrons. The van der Waals surface area contributed by atoms with Crippen LogP contribution in [0.25, 0.3) is 0 Å². The lowest BCUT2D eigenvalue weighted by Crippen LogP contribution is -2.39. The molecule has 0 saturated heterocycles. The Morgan fingerprint density at radius 1 is 1.41 bits per heavy atom. The van der Waals surface area contributed by atoms with Gasteiger partial charge in [-0.15, -0.1) is 0 Å². The Kier molecular flexibility index (Phi) is 2.44. The van der Waals surface area contributed by atoms with E-state index in [2.05, 4.69) is 6.92 Å². The van der Waals surface area contributed by atoms with Gasteiger partial charge in [-0.25, -0.2) is 0 Å². The van der Waals surface area contributed by atoms with Gasteiger partial charge in [-0.3, -0.25) is 4.79 Å². The second-order valence-electron chi connectivity index (χ2n) is 5.26. The molecule has 1 heterocycles. The smallest absolute Gasteiger partial charge is 0.230 e. The van der Waals surface area contributed by atoms with Crippen LogP contribution in [-0.2, 0) is 4.79 Å². The number of amides is 1. The summed E-state index contributed by atoms with van der Waals surface area (Å²) in [4.78, 5) is 14.3. The van der Waals surface area contributed by atoms with E-state index in [4.69, 9.17) is 5.73 Å². The van der Waals surface area contributed by atoms with Crippen LogP contribution in [0.2, 0.25) is 0 Å². The average molecular weight is 230 g/mol. The van der Waals surface area contributed by atoms with E-state index in [-0.39, 0.29) is 17.9 Å². The quantitative estimate of drug-likeness (QED) is 0.803. The van der Waals surface area contributed by atoms with Crippen LogP contribution < -0.4 is 10.6 Å². The Morgan fingerprint density at radius 3 is 2.82 bits per heavy atom. The van der Waals surface area contributed by atoms with Crippen LogP contribution in [0, 0.1) is 11.8 Å². The van der Waals surface area contributed by atoms with Gasteiger partial charge in [0.05, 0.1) is 0 Å². The van der Waals surface area contributed by atoms with Crippen LogP contribution in [0.15, 0.2) is 24.3 Å². The van der Waals surface area contributed by atoms with Gasteiger partial charge < -0.3 is 10.6 Å². The largest absolute Gasteiger partial charge is 0.324 e. The molecule has 90 valence electrons. The van der Waals surface area contributed by atoms with Gasteiger partial charge >= 0.3 is 0 Å². The fourth-order valence-corrected chi connectivity index (χ4v) is 2.69. The molecule has 1 aliphatic carbocycles. The maximum atomic E-state index is 12.3. The number of hydrogen-bond acceptors (Lipinski definition) is 2. The Hall–Kier alpha value is -1.35. The van der Waals surface area contributed by atoms with Gasteiger partial charge in [0.2, 0.25) is 5.91 Å². The van der Waals surface area contributed by atoms with E-state index < -0.39 is 0 Å². The van der Waals surface area contributed by atoms with Crippen LogP contribution in [-0.4, -0.2) is 12.5 Å². The van der Waals surface area contributed by atoms with Gasteiger partial charge in [0.1, 0.15) is 0 Å². The number of carbonyl (C=O) groups is 1. The van der Waals surface area contributed by atoms with Gasteiger partial charge in [-0.05, 0) is 30.4 Å². The first-order valence-corrected chi connectivity index (χ1v) is 6.34. The molecular weight excluding hydrogens is 212 g/mol. The van der Waals surface area contributed by atoms with Crippen molar-refractivity contribution in [2.45, 2.75) is 25.8 Å². The lowest BCUT2D eigenvalue weighted by molar-refractivity contribution is -0.120. The second kappa shape index (κ2) is 3.84. The summed E-state index contributed by atoms with van der Waals surface area (Å²) in [6.45, 7) is 2.91. The van der Waals surface area contributed by atoms with Gasteiger partial charge in [-0.2, -0.15) is 0 Å². The van der Waals surface area contributed by atoms with E-state index >= 15 is 0 Å². The summed E-state index contributed by atoms with van der Waals surface area (Å²) in [5, 5.41) is 0. The van der Waals surface area contributed by atoms with E-state index in [1.807, 2.05) is 29.2 Å². The Morgan fingerprint density at radius 2 is 2.12 bits per heavy atom. The molecule has 1 fully saturated rings. The van der Waals surface area contributed by atoms with Crippen LogP contribution in [0.4, 0.5) is 5.69 Å². The number of rotatable bonds is 1. The van der Waals surface area contributed by atoms with Crippen LogP contribution >= 0.6 is 0 Å². The van der Waals surface area contributed by atoms with Gasteiger partial charge in [0, 0.05) is 24.2 Å². The standard InChI is InChI=1S/C14H18N2O/c1-9-8-11(9)14(17)16-7-6-12(15)10-4-2-3-5-13(10)16/h2-5,9,11-12H,6-8,15H2,1H3. The summed E-state index contributed by atoms with van der Waals surface area (Å²) in [5.41, 5.74) is 8.22. The van der Waals surface area contributed by atoms with E-state index in [9.17, 15) is 4.79 Å². The third-order valence-electron chi connectivity index (χ3n) is 3.98. The average Bonchev–Trinajstić information content (AvgIpc) is 3.07. The highest BCUT2D eigenvalue weighted by atomic mass is 16.2. The molecule has 3 unspecified atom stereocenters. The van der Waals surface area contributed by atoms with Crippen LogP contribution in [0.3, 0.4) is 0 Å². The first-order chi connectivity index (χ1) is 8.18. The molecule has 2 N–H and O–H groups in total. The van der Waals surface area contributed by atoms with Crippen molar-refractivity contribution in [2.24, 2.45) is 17.6 Å². The number of benzene rings is 1. The third kappa shape index (κ3) is 1.75. The van der Waals surface area contributed by atoms with Crippen molar-refractivity contribution >= 4 is 11.6 Å². The van der Waals surface area contributed by atoms with Crippen molar-refractivity contribution in [3.8, 4) is 0 Å². The predicted molar refractivity (Wildman–Crippen MR) is 67.6 cm³/mol. The fraction of sp³-hybridized carbons (Fsp3) is 0.500. The summed E-state index contributed by atoms with van der Waals surface area (Å²) in [5.74, 6) is 1.10. The number of para-hydroxylation sites is 1. The Balaban J connectivity index is 1.92. The monoisotopic (exact) mass is 230 g/mol. The molecule has 1 saturated carbocycles. The summed E-state index contributed by atoms with van der Waals surface area (Å²) in [6, 6.07) is 8.10.